The molecule has 2 aromatic heterocycles. The average molecular weight is 370 g/mol. The fraction of sp³-hybridized carbons (Fsp3) is 0.158. The first-order valence-corrected chi connectivity index (χ1v) is 9.62. The maximum absolute atomic E-state index is 12.3. The molecule has 0 aliphatic heterocycles. The minimum Gasteiger partial charge on any atom is -0.321 e. The lowest BCUT2D eigenvalue weighted by Crippen LogP contribution is -2.11. The maximum atomic E-state index is 12.3. The van der Waals surface area contributed by atoms with Gasteiger partial charge in [0.25, 0.3) is 11.8 Å². The molecule has 3 rings (SSSR count). The smallest absolute Gasteiger partial charge is 0.265 e. The van der Waals surface area contributed by atoms with Crippen molar-refractivity contribution in [3.8, 4) is 0 Å². The van der Waals surface area contributed by atoms with E-state index in [4.69, 9.17) is 0 Å². The molecule has 0 spiro atoms. The average Bonchev–Trinajstić information content (AvgIpc) is 3.26. The number of carbonyl (C=O) groups is 2. The number of benzene rings is 1. The zero-order valence-corrected chi connectivity index (χ0v) is 15.6. The van der Waals surface area contributed by atoms with Gasteiger partial charge in [-0.15, -0.1) is 22.7 Å². The van der Waals surface area contributed by atoms with E-state index in [2.05, 4.69) is 17.6 Å². The van der Waals surface area contributed by atoms with E-state index in [0.717, 1.165) is 6.42 Å². The Morgan fingerprint density at radius 2 is 1.56 bits per heavy atom. The lowest BCUT2D eigenvalue weighted by molar-refractivity contribution is 0.102. The lowest BCUT2D eigenvalue weighted by Gasteiger charge is -2.06. The Labute approximate surface area is 154 Å². The number of carbonyl (C=O) groups excluding carboxylic acids is 2. The summed E-state index contributed by atoms with van der Waals surface area (Å²) in [6, 6.07) is 12.7. The summed E-state index contributed by atoms with van der Waals surface area (Å²) in [7, 11) is 0. The highest BCUT2D eigenvalue weighted by Crippen LogP contribution is 2.23. The summed E-state index contributed by atoms with van der Waals surface area (Å²) < 4.78 is 0. The van der Waals surface area contributed by atoms with E-state index in [9.17, 15) is 9.59 Å². The number of thiophene rings is 2. The molecular weight excluding hydrogens is 352 g/mol. The molecule has 4 nitrogen and oxygen atoms in total. The molecule has 0 aliphatic carbocycles. The Kier molecular flexibility index (Phi) is 5.31. The Hall–Kier alpha value is -2.44. The van der Waals surface area contributed by atoms with Crippen LogP contribution < -0.4 is 10.6 Å². The zero-order valence-electron chi connectivity index (χ0n) is 14.0. The summed E-state index contributed by atoms with van der Waals surface area (Å²) in [5, 5.41) is 7.59. The van der Waals surface area contributed by atoms with Crippen LogP contribution in [0.3, 0.4) is 0 Å². The third-order valence-electron chi connectivity index (χ3n) is 3.77. The van der Waals surface area contributed by atoms with Gasteiger partial charge in [-0.05, 0) is 60.7 Å². The summed E-state index contributed by atoms with van der Waals surface area (Å²) in [5.41, 5.74) is 2.60. The van der Waals surface area contributed by atoms with Crippen molar-refractivity contribution in [3.05, 3.63) is 68.0 Å². The van der Waals surface area contributed by atoms with Crippen LogP contribution in [0.2, 0.25) is 0 Å². The van der Waals surface area contributed by atoms with Gasteiger partial charge in [0.1, 0.15) is 0 Å². The molecule has 25 heavy (non-hydrogen) atoms. The molecule has 2 heterocycles. The van der Waals surface area contributed by atoms with Crippen molar-refractivity contribution in [1.29, 1.82) is 0 Å². The topological polar surface area (TPSA) is 58.2 Å². The van der Waals surface area contributed by atoms with Gasteiger partial charge in [-0.1, -0.05) is 13.0 Å². The minimum absolute atomic E-state index is 0.108. The molecule has 1 aromatic carbocycles. The normalized spacial score (nSPS) is 10.5. The molecule has 0 atom stereocenters. The molecule has 3 aromatic rings. The van der Waals surface area contributed by atoms with Crippen LogP contribution in [0.4, 0.5) is 11.4 Å². The van der Waals surface area contributed by atoms with Gasteiger partial charge in [0.15, 0.2) is 0 Å². The third-order valence-corrected chi connectivity index (χ3v) is 5.73. The van der Waals surface area contributed by atoms with Gasteiger partial charge in [0.2, 0.25) is 0 Å². The van der Waals surface area contributed by atoms with Crippen molar-refractivity contribution in [2.45, 2.75) is 20.3 Å². The van der Waals surface area contributed by atoms with Crippen molar-refractivity contribution >= 4 is 45.9 Å². The molecule has 0 bridgehead atoms. The Morgan fingerprint density at radius 1 is 0.960 bits per heavy atom. The summed E-state index contributed by atoms with van der Waals surface area (Å²) >= 11 is 2.90. The molecule has 0 radical (unpaired) electrons. The van der Waals surface area contributed by atoms with Crippen LogP contribution in [0.5, 0.6) is 0 Å². The van der Waals surface area contributed by atoms with E-state index in [1.807, 2.05) is 24.4 Å². The predicted molar refractivity (Wildman–Crippen MR) is 105 cm³/mol. The first-order chi connectivity index (χ1) is 12.1. The van der Waals surface area contributed by atoms with Crippen LogP contribution in [-0.4, -0.2) is 11.8 Å². The van der Waals surface area contributed by atoms with Crippen molar-refractivity contribution < 1.29 is 9.59 Å². The predicted octanol–water partition coefficient (Wildman–Crippen LogP) is 5.19. The van der Waals surface area contributed by atoms with Crippen molar-refractivity contribution in [3.63, 3.8) is 0 Å². The van der Waals surface area contributed by atoms with Crippen molar-refractivity contribution in [2.24, 2.45) is 0 Å². The van der Waals surface area contributed by atoms with Crippen LogP contribution >= 0.6 is 22.7 Å². The molecule has 2 N–H and O–H groups in total. The highest BCUT2D eigenvalue weighted by molar-refractivity contribution is 7.14. The number of amides is 2. The quantitative estimate of drug-likeness (QED) is 0.650. The van der Waals surface area contributed by atoms with Crippen LogP contribution in [0.1, 0.15) is 36.7 Å². The molecule has 2 amide bonds. The standard InChI is InChI=1S/C19H18N2O2S2/c1-3-13-11-17(25-12(13)2)19(23)21-15-8-6-14(7-9-15)20-18(22)16-5-4-10-24-16/h4-11H,3H2,1-2H3,(H,20,22)(H,21,23). The number of hydrogen-bond acceptors (Lipinski definition) is 4. The largest absolute Gasteiger partial charge is 0.321 e. The van der Waals surface area contributed by atoms with Crippen molar-refractivity contribution in [2.75, 3.05) is 10.6 Å². The van der Waals surface area contributed by atoms with Gasteiger partial charge in [-0.3, -0.25) is 9.59 Å². The monoisotopic (exact) mass is 370 g/mol. The lowest BCUT2D eigenvalue weighted by atomic mass is 10.2. The minimum atomic E-state index is -0.132. The Morgan fingerprint density at radius 3 is 2.04 bits per heavy atom. The van der Waals surface area contributed by atoms with E-state index in [-0.39, 0.29) is 11.8 Å². The maximum Gasteiger partial charge on any atom is 0.265 e. The Bertz CT molecular complexity index is 881. The van der Waals surface area contributed by atoms with E-state index >= 15 is 0 Å². The fourth-order valence-electron chi connectivity index (χ4n) is 2.41. The van der Waals surface area contributed by atoms with Crippen LogP contribution in [0.25, 0.3) is 0 Å². The highest BCUT2D eigenvalue weighted by Gasteiger charge is 2.12. The third kappa shape index (κ3) is 4.15. The van der Waals surface area contributed by atoms with Gasteiger partial charge in [0, 0.05) is 16.3 Å². The van der Waals surface area contributed by atoms with Gasteiger partial charge >= 0.3 is 0 Å². The number of nitrogens with one attached hydrogen (secondary N) is 2. The molecule has 0 saturated carbocycles. The second kappa shape index (κ2) is 7.63. The molecule has 0 saturated heterocycles. The molecular formula is C19H18N2O2S2. The van der Waals surface area contributed by atoms with Gasteiger partial charge in [0.05, 0.1) is 9.75 Å². The highest BCUT2D eigenvalue weighted by atomic mass is 32.1. The van der Waals surface area contributed by atoms with Crippen LogP contribution in [0.15, 0.2) is 47.8 Å². The fourth-order valence-corrected chi connectivity index (χ4v) is 4.04. The SMILES string of the molecule is CCc1cc(C(=O)Nc2ccc(NC(=O)c3cccs3)cc2)sc1C. The van der Waals surface area contributed by atoms with Crippen LogP contribution in [-0.2, 0) is 6.42 Å². The first kappa shape index (κ1) is 17.4. The molecule has 0 aliphatic rings. The summed E-state index contributed by atoms with van der Waals surface area (Å²) in [4.78, 5) is 26.9. The summed E-state index contributed by atoms with van der Waals surface area (Å²) in [5.74, 6) is -0.240. The zero-order chi connectivity index (χ0) is 17.8. The van der Waals surface area contributed by atoms with Crippen LogP contribution in [0, 0.1) is 6.92 Å². The second-order valence-electron chi connectivity index (χ2n) is 5.51. The molecule has 128 valence electrons. The van der Waals surface area contributed by atoms with E-state index < -0.39 is 0 Å². The first-order valence-electron chi connectivity index (χ1n) is 7.92. The number of anilines is 2. The number of rotatable bonds is 5. The van der Waals surface area contributed by atoms with Gasteiger partial charge in [-0.25, -0.2) is 0 Å². The van der Waals surface area contributed by atoms with E-state index in [1.54, 1.807) is 30.3 Å². The summed E-state index contributed by atoms with van der Waals surface area (Å²) in [6.45, 7) is 4.12. The molecule has 6 heteroatoms. The van der Waals surface area contributed by atoms with E-state index in [0.29, 0.717) is 21.1 Å². The number of hydrogen-bond donors (Lipinski definition) is 2. The molecule has 0 fully saturated rings. The second-order valence-corrected chi connectivity index (χ2v) is 7.71. The molecule has 0 unspecified atom stereocenters. The van der Waals surface area contributed by atoms with Crippen molar-refractivity contribution in [1.82, 2.24) is 0 Å². The Balaban J connectivity index is 1.64. The van der Waals surface area contributed by atoms with Gasteiger partial charge in [-0.2, -0.15) is 0 Å². The van der Waals surface area contributed by atoms with E-state index in [1.165, 1.54) is 33.1 Å². The van der Waals surface area contributed by atoms with Gasteiger partial charge < -0.3 is 10.6 Å². The summed E-state index contributed by atoms with van der Waals surface area (Å²) in [6.07, 6.45) is 0.925. The number of aryl methyl sites for hydroxylation is 2.